The smallest absolute Gasteiger partial charge is 0.338 e. The number of non-ortho nitro benzene ring substituents is 1. The molecule has 1 aliphatic rings. The van der Waals surface area contributed by atoms with Crippen LogP contribution in [0.5, 0.6) is 5.75 Å². The number of carbonyl (C=O) groups is 1. The molecule has 1 atom stereocenters. The lowest BCUT2D eigenvalue weighted by atomic mass is 9.96. The first kappa shape index (κ1) is 27.1. The summed E-state index contributed by atoms with van der Waals surface area (Å²) < 4.78 is 18.3. The molecule has 1 aliphatic heterocycles. The summed E-state index contributed by atoms with van der Waals surface area (Å²) in [4.78, 5) is 42.4. The Morgan fingerprint density at radius 3 is 2.65 bits per heavy atom. The van der Waals surface area contributed by atoms with Crippen molar-refractivity contribution in [3.05, 3.63) is 112 Å². The van der Waals surface area contributed by atoms with E-state index >= 15 is 0 Å². The Morgan fingerprint density at radius 2 is 1.98 bits per heavy atom. The Bertz CT molecular complexity index is 1850. The largest absolute Gasteiger partial charge is 0.497 e. The van der Waals surface area contributed by atoms with Crippen LogP contribution in [0.1, 0.15) is 31.2 Å². The number of esters is 1. The van der Waals surface area contributed by atoms with Crippen LogP contribution in [-0.2, 0) is 9.53 Å². The van der Waals surface area contributed by atoms with Crippen molar-refractivity contribution in [1.82, 2.24) is 4.57 Å². The molecule has 0 bridgehead atoms. The highest BCUT2D eigenvalue weighted by atomic mass is 35.5. The molecule has 0 aliphatic carbocycles. The fourth-order valence-electron chi connectivity index (χ4n) is 4.41. The number of thiazole rings is 1. The molecular formula is C28H22ClN3O7S. The Hall–Kier alpha value is -4.48. The Morgan fingerprint density at radius 1 is 1.23 bits per heavy atom. The minimum atomic E-state index is -0.765. The number of aromatic nitrogens is 1. The molecule has 0 fully saturated rings. The highest BCUT2D eigenvalue weighted by Gasteiger charge is 2.33. The predicted octanol–water partition coefficient (Wildman–Crippen LogP) is 4.63. The summed E-state index contributed by atoms with van der Waals surface area (Å²) in [6, 6.07) is 13.7. The van der Waals surface area contributed by atoms with E-state index in [0.717, 1.165) is 11.3 Å². The van der Waals surface area contributed by atoms with E-state index in [0.29, 0.717) is 43.4 Å². The first-order valence-corrected chi connectivity index (χ1v) is 13.3. The predicted molar refractivity (Wildman–Crippen MR) is 149 cm³/mol. The zero-order chi connectivity index (χ0) is 28.6. The summed E-state index contributed by atoms with van der Waals surface area (Å²) in [7, 11) is 1.55. The average Bonchev–Trinajstić information content (AvgIpc) is 3.52. The Balaban J connectivity index is 1.62. The highest BCUT2D eigenvalue weighted by Crippen LogP contribution is 2.33. The number of hydrogen-bond donors (Lipinski definition) is 0. The van der Waals surface area contributed by atoms with Crippen molar-refractivity contribution in [3.8, 4) is 17.1 Å². The molecule has 3 heterocycles. The third-order valence-corrected chi connectivity index (χ3v) is 7.59. The van der Waals surface area contributed by atoms with E-state index in [9.17, 15) is 19.7 Å². The molecule has 0 spiro atoms. The molecule has 40 heavy (non-hydrogen) atoms. The number of allylic oxidation sites excluding steroid dienone is 1. The van der Waals surface area contributed by atoms with E-state index in [4.69, 9.17) is 25.5 Å². The van der Waals surface area contributed by atoms with Gasteiger partial charge < -0.3 is 13.9 Å². The molecule has 4 aromatic rings. The summed E-state index contributed by atoms with van der Waals surface area (Å²) in [5.41, 5.74) is 1.26. The maximum absolute atomic E-state index is 13.8. The summed E-state index contributed by atoms with van der Waals surface area (Å²) in [5, 5.41) is 11.5. The SMILES string of the molecule is CCOC(=O)C1=C(C)N=c2s/c(=C\c3ccc(-c4cc([N+](=O)[O-])ccc4Cl)o3)c(=O)n2[C@@H]1c1ccc(OC)cc1. The van der Waals surface area contributed by atoms with Crippen LogP contribution in [0.3, 0.4) is 0 Å². The third-order valence-electron chi connectivity index (χ3n) is 6.27. The fraction of sp³-hybridized carbons (Fsp3) is 0.179. The van der Waals surface area contributed by atoms with Gasteiger partial charge in [-0.25, -0.2) is 9.79 Å². The second-order valence-electron chi connectivity index (χ2n) is 8.70. The van der Waals surface area contributed by atoms with Gasteiger partial charge in [0.15, 0.2) is 4.80 Å². The molecule has 0 saturated carbocycles. The third kappa shape index (κ3) is 4.96. The zero-order valence-electron chi connectivity index (χ0n) is 21.5. The monoisotopic (exact) mass is 579 g/mol. The van der Waals surface area contributed by atoms with Crippen LogP contribution in [0, 0.1) is 10.1 Å². The number of nitro benzene ring substituents is 1. The number of furan rings is 1. The molecule has 0 amide bonds. The number of benzene rings is 2. The number of nitro groups is 1. The van der Waals surface area contributed by atoms with E-state index in [2.05, 4.69) is 4.99 Å². The molecule has 2 aromatic heterocycles. The summed E-state index contributed by atoms with van der Waals surface area (Å²) >= 11 is 7.41. The number of ether oxygens (including phenoxy) is 2. The molecular weight excluding hydrogens is 558 g/mol. The van der Waals surface area contributed by atoms with Crippen molar-refractivity contribution in [2.45, 2.75) is 19.9 Å². The van der Waals surface area contributed by atoms with Crippen molar-refractivity contribution < 1.29 is 23.6 Å². The lowest BCUT2D eigenvalue weighted by Crippen LogP contribution is -2.39. The van der Waals surface area contributed by atoms with Gasteiger partial charge in [0, 0.05) is 23.8 Å². The zero-order valence-corrected chi connectivity index (χ0v) is 23.1. The topological polar surface area (TPSA) is 126 Å². The van der Waals surface area contributed by atoms with Crippen LogP contribution in [-0.4, -0.2) is 29.2 Å². The van der Waals surface area contributed by atoms with Gasteiger partial charge in [-0.3, -0.25) is 19.5 Å². The second-order valence-corrected chi connectivity index (χ2v) is 10.1. The van der Waals surface area contributed by atoms with Crippen LogP contribution in [0.25, 0.3) is 17.4 Å². The molecule has 2 aromatic carbocycles. The number of methoxy groups -OCH3 is 1. The van der Waals surface area contributed by atoms with Crippen LogP contribution in [0.2, 0.25) is 5.02 Å². The summed E-state index contributed by atoms with van der Waals surface area (Å²) in [6.45, 7) is 3.59. The van der Waals surface area contributed by atoms with Crippen molar-refractivity contribution in [2.24, 2.45) is 4.99 Å². The van der Waals surface area contributed by atoms with Gasteiger partial charge in [-0.05, 0) is 49.7 Å². The molecule has 0 unspecified atom stereocenters. The minimum absolute atomic E-state index is 0.128. The highest BCUT2D eigenvalue weighted by molar-refractivity contribution is 7.07. The van der Waals surface area contributed by atoms with Crippen LogP contribution < -0.4 is 19.6 Å². The van der Waals surface area contributed by atoms with Gasteiger partial charge in [-0.15, -0.1) is 0 Å². The molecule has 0 N–H and O–H groups in total. The van der Waals surface area contributed by atoms with Crippen molar-refractivity contribution in [3.63, 3.8) is 0 Å². The minimum Gasteiger partial charge on any atom is -0.497 e. The average molecular weight is 580 g/mol. The van der Waals surface area contributed by atoms with Gasteiger partial charge in [0.25, 0.3) is 11.2 Å². The molecule has 10 nitrogen and oxygen atoms in total. The van der Waals surface area contributed by atoms with E-state index in [1.165, 1.54) is 22.8 Å². The molecule has 204 valence electrons. The van der Waals surface area contributed by atoms with Gasteiger partial charge in [-0.1, -0.05) is 35.1 Å². The van der Waals surface area contributed by atoms with Crippen LogP contribution in [0.15, 0.2) is 80.1 Å². The number of halogens is 1. The quantitative estimate of drug-likeness (QED) is 0.177. The first-order chi connectivity index (χ1) is 19.2. The molecule has 0 radical (unpaired) electrons. The Labute approximate surface area is 236 Å². The second kappa shape index (κ2) is 10.9. The molecule has 0 saturated heterocycles. The van der Waals surface area contributed by atoms with Gasteiger partial charge >= 0.3 is 5.97 Å². The number of nitrogens with zero attached hydrogens (tertiary/aromatic N) is 3. The van der Waals surface area contributed by atoms with E-state index < -0.39 is 16.9 Å². The first-order valence-electron chi connectivity index (χ1n) is 12.1. The van der Waals surface area contributed by atoms with E-state index in [1.807, 2.05) is 0 Å². The number of carbonyl (C=O) groups excluding carboxylic acids is 1. The Kier molecular flexibility index (Phi) is 7.42. The number of hydrogen-bond acceptors (Lipinski definition) is 9. The van der Waals surface area contributed by atoms with Crippen molar-refractivity contribution in [2.75, 3.05) is 13.7 Å². The normalized spacial score (nSPS) is 15.0. The van der Waals surface area contributed by atoms with Crippen LogP contribution in [0.4, 0.5) is 5.69 Å². The van der Waals surface area contributed by atoms with Gasteiger partial charge in [0.2, 0.25) is 0 Å². The van der Waals surface area contributed by atoms with Gasteiger partial charge in [0.05, 0.1) is 45.5 Å². The van der Waals surface area contributed by atoms with E-state index in [-0.39, 0.29) is 28.4 Å². The fourth-order valence-corrected chi connectivity index (χ4v) is 5.65. The maximum atomic E-state index is 13.8. The maximum Gasteiger partial charge on any atom is 0.338 e. The summed E-state index contributed by atoms with van der Waals surface area (Å²) in [6.07, 6.45) is 1.56. The number of fused-ring (bicyclic) bond motifs is 1. The molecule has 12 heteroatoms. The lowest BCUT2D eigenvalue weighted by Gasteiger charge is -2.24. The van der Waals surface area contributed by atoms with Crippen molar-refractivity contribution in [1.29, 1.82) is 0 Å². The standard InChI is InChI=1S/C28H22ClN3O7S/c1-4-38-27(34)24-15(2)30-28-31(25(24)16-5-8-18(37-3)9-6-16)26(33)23(40-28)14-19-10-12-22(39-19)20-13-17(32(35)36)7-11-21(20)29/h5-14,25H,4H2,1-3H3/b23-14-/t25-/m1/s1. The van der Waals surface area contributed by atoms with Crippen molar-refractivity contribution >= 4 is 40.7 Å². The lowest BCUT2D eigenvalue weighted by molar-refractivity contribution is -0.384. The summed E-state index contributed by atoms with van der Waals surface area (Å²) in [5.74, 6) is 0.727. The molecule has 5 rings (SSSR count). The van der Waals surface area contributed by atoms with E-state index in [1.54, 1.807) is 63.4 Å². The number of rotatable bonds is 7. The van der Waals surface area contributed by atoms with Crippen LogP contribution >= 0.6 is 22.9 Å². The van der Waals surface area contributed by atoms with Gasteiger partial charge in [-0.2, -0.15) is 0 Å². The van der Waals surface area contributed by atoms with Gasteiger partial charge in [0.1, 0.15) is 17.3 Å².